The highest BCUT2D eigenvalue weighted by Gasteiger charge is 2.13. The Morgan fingerprint density at radius 3 is 2.92 bits per heavy atom. The summed E-state index contributed by atoms with van der Waals surface area (Å²) in [5.74, 6) is 0.368. The second-order valence-corrected chi connectivity index (χ2v) is 5.63. The summed E-state index contributed by atoms with van der Waals surface area (Å²) in [5, 5.41) is 13.7. The number of nitrogens with zero attached hydrogens (tertiary/aromatic N) is 6. The van der Waals surface area contributed by atoms with Crippen LogP contribution in [0.3, 0.4) is 0 Å². The van der Waals surface area contributed by atoms with Crippen LogP contribution < -0.4 is 5.43 Å². The number of fused-ring (bicyclic) bond motifs is 3. The summed E-state index contributed by atoms with van der Waals surface area (Å²) in [7, 11) is 0. The van der Waals surface area contributed by atoms with E-state index in [1.54, 1.807) is 18.6 Å². The van der Waals surface area contributed by atoms with Crippen molar-refractivity contribution in [2.45, 2.75) is 19.9 Å². The summed E-state index contributed by atoms with van der Waals surface area (Å²) in [6, 6.07) is 11.9. The first-order valence-corrected chi connectivity index (χ1v) is 8.17. The molecule has 0 unspecified atom stereocenters. The van der Waals surface area contributed by atoms with Gasteiger partial charge in [0.05, 0.1) is 11.7 Å². The van der Waals surface area contributed by atoms with Gasteiger partial charge in [0.2, 0.25) is 0 Å². The smallest absolute Gasteiger partial charge is 0.265 e. The third kappa shape index (κ3) is 2.91. The Morgan fingerprint density at radius 1 is 1.16 bits per heavy atom. The average molecular weight is 331 g/mol. The van der Waals surface area contributed by atoms with Gasteiger partial charge in [0.15, 0.2) is 5.65 Å². The van der Waals surface area contributed by atoms with E-state index in [2.05, 4.69) is 48.2 Å². The highest BCUT2D eigenvalue weighted by atomic mass is 15.4. The van der Waals surface area contributed by atoms with Crippen molar-refractivity contribution in [3.63, 3.8) is 0 Å². The SMILES string of the molecule is CCCn1c2ccccc2c2nnc(N/N=C/c3cccnc3)nc21. The lowest BCUT2D eigenvalue weighted by molar-refractivity contribution is 0.716. The largest absolute Gasteiger partial charge is 0.324 e. The van der Waals surface area contributed by atoms with E-state index in [4.69, 9.17) is 0 Å². The first-order chi connectivity index (χ1) is 12.4. The molecule has 0 spiro atoms. The van der Waals surface area contributed by atoms with E-state index in [1.165, 1.54) is 0 Å². The third-order valence-electron chi connectivity index (χ3n) is 3.88. The van der Waals surface area contributed by atoms with Crippen molar-refractivity contribution in [1.29, 1.82) is 0 Å². The van der Waals surface area contributed by atoms with Crippen molar-refractivity contribution in [2.24, 2.45) is 5.10 Å². The van der Waals surface area contributed by atoms with Crippen molar-refractivity contribution >= 4 is 34.2 Å². The molecule has 124 valence electrons. The molecule has 1 aromatic carbocycles. The predicted molar refractivity (Wildman–Crippen MR) is 98.6 cm³/mol. The van der Waals surface area contributed by atoms with Gasteiger partial charge in [-0.05, 0) is 18.6 Å². The number of hydrogen-bond donors (Lipinski definition) is 1. The Morgan fingerprint density at radius 2 is 2.08 bits per heavy atom. The molecule has 3 heterocycles. The van der Waals surface area contributed by atoms with E-state index in [-0.39, 0.29) is 0 Å². The van der Waals surface area contributed by atoms with Crippen LogP contribution in [0.5, 0.6) is 0 Å². The van der Waals surface area contributed by atoms with Gasteiger partial charge >= 0.3 is 0 Å². The van der Waals surface area contributed by atoms with Gasteiger partial charge in [-0.1, -0.05) is 31.2 Å². The molecule has 25 heavy (non-hydrogen) atoms. The molecule has 0 saturated heterocycles. The summed E-state index contributed by atoms with van der Waals surface area (Å²) in [6.45, 7) is 3.02. The summed E-state index contributed by atoms with van der Waals surface area (Å²) in [6.07, 6.45) is 6.13. The minimum Gasteiger partial charge on any atom is -0.324 e. The van der Waals surface area contributed by atoms with Crippen LogP contribution in [-0.2, 0) is 6.54 Å². The van der Waals surface area contributed by atoms with Crippen molar-refractivity contribution in [3.8, 4) is 0 Å². The fourth-order valence-electron chi connectivity index (χ4n) is 2.82. The van der Waals surface area contributed by atoms with Gasteiger partial charge in [0.1, 0.15) is 5.52 Å². The van der Waals surface area contributed by atoms with E-state index in [9.17, 15) is 0 Å². The van der Waals surface area contributed by atoms with Gasteiger partial charge in [-0.25, -0.2) is 5.43 Å². The molecule has 0 fully saturated rings. The van der Waals surface area contributed by atoms with Crippen LogP contribution in [0.4, 0.5) is 5.95 Å². The van der Waals surface area contributed by atoms with E-state index >= 15 is 0 Å². The topological polar surface area (TPSA) is 80.9 Å². The number of pyridine rings is 1. The molecule has 7 heteroatoms. The molecule has 0 bridgehead atoms. The Hall–Kier alpha value is -3.35. The Balaban J connectivity index is 1.71. The van der Waals surface area contributed by atoms with Gasteiger partial charge < -0.3 is 4.57 Å². The summed E-state index contributed by atoms with van der Waals surface area (Å²) in [5.41, 5.74) is 6.49. The fraction of sp³-hybridized carbons (Fsp3) is 0.167. The van der Waals surface area contributed by atoms with Crippen LogP contribution in [0.25, 0.3) is 22.1 Å². The van der Waals surface area contributed by atoms with Crippen LogP contribution in [0.15, 0.2) is 53.9 Å². The molecule has 0 aliphatic carbocycles. The predicted octanol–water partition coefficient (Wildman–Crippen LogP) is 3.23. The Bertz CT molecular complexity index is 1040. The molecule has 3 aromatic heterocycles. The highest BCUT2D eigenvalue weighted by Crippen LogP contribution is 2.26. The summed E-state index contributed by atoms with van der Waals surface area (Å²) < 4.78 is 2.18. The van der Waals surface area contributed by atoms with Crippen molar-refractivity contribution in [2.75, 3.05) is 5.43 Å². The van der Waals surface area contributed by atoms with Crippen molar-refractivity contribution in [3.05, 3.63) is 54.4 Å². The minimum absolute atomic E-state index is 0.368. The summed E-state index contributed by atoms with van der Waals surface area (Å²) in [4.78, 5) is 8.65. The maximum atomic E-state index is 4.61. The van der Waals surface area contributed by atoms with Gasteiger partial charge in [-0.2, -0.15) is 10.1 Å². The molecule has 4 rings (SSSR count). The molecule has 0 saturated carbocycles. The number of para-hydroxylation sites is 1. The van der Waals surface area contributed by atoms with E-state index in [0.29, 0.717) is 5.95 Å². The number of anilines is 1. The molecule has 7 nitrogen and oxygen atoms in total. The molecule has 0 radical (unpaired) electrons. The molecule has 0 amide bonds. The Kier molecular flexibility index (Phi) is 4.04. The first kappa shape index (κ1) is 15.2. The van der Waals surface area contributed by atoms with Crippen LogP contribution >= 0.6 is 0 Å². The number of hydrazone groups is 1. The molecule has 0 aliphatic rings. The van der Waals surface area contributed by atoms with Crippen LogP contribution in [0.2, 0.25) is 0 Å². The lowest BCUT2D eigenvalue weighted by atomic mass is 10.2. The Labute approximate surface area is 144 Å². The normalized spacial score (nSPS) is 11.6. The van der Waals surface area contributed by atoms with Crippen LogP contribution in [0.1, 0.15) is 18.9 Å². The average Bonchev–Trinajstić information content (AvgIpc) is 2.97. The van der Waals surface area contributed by atoms with E-state index in [1.807, 2.05) is 30.3 Å². The standard InChI is InChI=1S/C18H17N7/c1-2-10-25-15-8-4-3-7-14(15)16-17(25)21-18(24-22-16)23-20-12-13-6-5-9-19-11-13/h3-9,11-12H,2,10H2,1H3,(H,21,23,24)/b20-12+. The monoisotopic (exact) mass is 331 g/mol. The first-order valence-electron chi connectivity index (χ1n) is 8.17. The zero-order valence-corrected chi connectivity index (χ0v) is 13.8. The van der Waals surface area contributed by atoms with E-state index in [0.717, 1.165) is 40.6 Å². The molecular formula is C18H17N7. The zero-order valence-electron chi connectivity index (χ0n) is 13.8. The number of rotatable bonds is 5. The summed E-state index contributed by atoms with van der Waals surface area (Å²) >= 11 is 0. The second-order valence-electron chi connectivity index (χ2n) is 5.63. The fourth-order valence-corrected chi connectivity index (χ4v) is 2.82. The lowest BCUT2D eigenvalue weighted by Crippen LogP contribution is -2.03. The quantitative estimate of drug-likeness (QED) is 0.448. The van der Waals surface area contributed by atoms with E-state index < -0.39 is 0 Å². The van der Waals surface area contributed by atoms with Crippen LogP contribution in [0, 0.1) is 0 Å². The lowest BCUT2D eigenvalue weighted by Gasteiger charge is -2.04. The molecule has 0 atom stereocenters. The molecule has 1 N–H and O–H groups in total. The van der Waals surface area contributed by atoms with Gasteiger partial charge in [-0.3, -0.25) is 4.98 Å². The number of nitrogens with one attached hydrogen (secondary N) is 1. The maximum absolute atomic E-state index is 4.61. The number of aryl methyl sites for hydroxylation is 1. The molecule has 4 aromatic rings. The highest BCUT2D eigenvalue weighted by molar-refractivity contribution is 6.04. The maximum Gasteiger partial charge on any atom is 0.265 e. The van der Waals surface area contributed by atoms with Gasteiger partial charge in [0, 0.05) is 29.9 Å². The van der Waals surface area contributed by atoms with Crippen molar-refractivity contribution in [1.82, 2.24) is 24.7 Å². The van der Waals surface area contributed by atoms with Crippen LogP contribution in [-0.4, -0.2) is 30.9 Å². The molecular weight excluding hydrogens is 314 g/mol. The molecule has 0 aliphatic heterocycles. The third-order valence-corrected chi connectivity index (χ3v) is 3.88. The zero-order chi connectivity index (χ0) is 17.1. The number of benzene rings is 1. The van der Waals surface area contributed by atoms with Gasteiger partial charge in [0.25, 0.3) is 5.95 Å². The number of aromatic nitrogens is 5. The number of hydrogen-bond acceptors (Lipinski definition) is 6. The minimum atomic E-state index is 0.368. The second kappa shape index (κ2) is 6.64. The van der Waals surface area contributed by atoms with Gasteiger partial charge in [-0.15, -0.1) is 10.2 Å². The van der Waals surface area contributed by atoms with Crippen molar-refractivity contribution < 1.29 is 0 Å².